The highest BCUT2D eigenvalue weighted by Crippen LogP contribution is 2.37. The van der Waals surface area contributed by atoms with Gasteiger partial charge >= 0.3 is 0 Å². The minimum Gasteiger partial charge on any atom is -0.376 e. The molecule has 1 aliphatic carbocycles. The van der Waals surface area contributed by atoms with Gasteiger partial charge in [0.1, 0.15) is 0 Å². The SMILES string of the molecule is Cc1cccc(CCC(=O)NC2C(N)C3CCOC32)c1. The van der Waals surface area contributed by atoms with Crippen LogP contribution in [0.3, 0.4) is 0 Å². The molecule has 1 amide bonds. The quantitative estimate of drug-likeness (QED) is 0.866. The molecule has 1 saturated heterocycles. The van der Waals surface area contributed by atoms with Gasteiger partial charge in [-0.25, -0.2) is 0 Å². The lowest BCUT2D eigenvalue weighted by Crippen LogP contribution is -2.68. The molecule has 4 nitrogen and oxygen atoms in total. The molecular weight excluding hydrogens is 252 g/mol. The van der Waals surface area contributed by atoms with Crippen molar-refractivity contribution in [2.45, 2.75) is 44.4 Å². The van der Waals surface area contributed by atoms with Gasteiger partial charge in [0.25, 0.3) is 0 Å². The van der Waals surface area contributed by atoms with Gasteiger partial charge in [-0.2, -0.15) is 0 Å². The van der Waals surface area contributed by atoms with Crippen molar-refractivity contribution in [3.8, 4) is 0 Å². The van der Waals surface area contributed by atoms with E-state index in [0.717, 1.165) is 19.4 Å². The summed E-state index contributed by atoms with van der Waals surface area (Å²) in [5.74, 6) is 0.512. The molecule has 0 spiro atoms. The third kappa shape index (κ3) is 2.58. The molecule has 1 aromatic carbocycles. The van der Waals surface area contributed by atoms with E-state index in [-0.39, 0.29) is 24.1 Å². The zero-order chi connectivity index (χ0) is 14.1. The number of hydrogen-bond donors (Lipinski definition) is 2. The van der Waals surface area contributed by atoms with Crippen LogP contribution in [-0.4, -0.2) is 30.7 Å². The number of carbonyl (C=O) groups is 1. The summed E-state index contributed by atoms with van der Waals surface area (Å²) in [5, 5.41) is 3.03. The molecule has 1 aliphatic heterocycles. The largest absolute Gasteiger partial charge is 0.376 e. The number of rotatable bonds is 4. The van der Waals surface area contributed by atoms with E-state index in [1.165, 1.54) is 11.1 Å². The molecule has 0 radical (unpaired) electrons. The Bertz CT molecular complexity index is 503. The third-order valence-electron chi connectivity index (χ3n) is 4.50. The molecule has 0 aromatic heterocycles. The van der Waals surface area contributed by atoms with Crippen molar-refractivity contribution < 1.29 is 9.53 Å². The van der Waals surface area contributed by atoms with Gasteiger partial charge in [0.2, 0.25) is 5.91 Å². The summed E-state index contributed by atoms with van der Waals surface area (Å²) in [6.45, 7) is 2.84. The Morgan fingerprint density at radius 3 is 3.15 bits per heavy atom. The first kappa shape index (κ1) is 13.6. The fourth-order valence-corrected chi connectivity index (χ4v) is 3.31. The molecule has 3 N–H and O–H groups in total. The van der Waals surface area contributed by atoms with E-state index in [1.54, 1.807) is 0 Å². The lowest BCUT2D eigenvalue weighted by Gasteiger charge is -2.45. The van der Waals surface area contributed by atoms with Crippen LogP contribution >= 0.6 is 0 Å². The van der Waals surface area contributed by atoms with Gasteiger partial charge in [0.15, 0.2) is 0 Å². The van der Waals surface area contributed by atoms with E-state index >= 15 is 0 Å². The Labute approximate surface area is 119 Å². The number of nitrogens with one attached hydrogen (secondary N) is 1. The Hall–Kier alpha value is -1.39. The van der Waals surface area contributed by atoms with Crippen molar-refractivity contribution in [3.05, 3.63) is 35.4 Å². The second-order valence-corrected chi connectivity index (χ2v) is 5.95. The summed E-state index contributed by atoms with van der Waals surface area (Å²) < 4.78 is 5.62. The zero-order valence-electron chi connectivity index (χ0n) is 11.8. The van der Waals surface area contributed by atoms with Crippen molar-refractivity contribution in [3.63, 3.8) is 0 Å². The number of fused-ring (bicyclic) bond motifs is 1. The molecule has 4 heteroatoms. The van der Waals surface area contributed by atoms with Crippen LogP contribution in [0.2, 0.25) is 0 Å². The molecule has 2 fully saturated rings. The lowest BCUT2D eigenvalue weighted by molar-refractivity contribution is -0.125. The average Bonchev–Trinajstić information content (AvgIpc) is 2.87. The minimum absolute atomic E-state index is 0.00695. The van der Waals surface area contributed by atoms with Crippen molar-refractivity contribution in [2.24, 2.45) is 11.7 Å². The van der Waals surface area contributed by atoms with Crippen LogP contribution in [0.1, 0.15) is 24.0 Å². The summed E-state index contributed by atoms with van der Waals surface area (Å²) in [7, 11) is 0. The molecular formula is C16H22N2O2. The van der Waals surface area contributed by atoms with E-state index in [4.69, 9.17) is 10.5 Å². The fraction of sp³-hybridized carbons (Fsp3) is 0.562. The van der Waals surface area contributed by atoms with E-state index in [0.29, 0.717) is 12.3 Å². The molecule has 1 saturated carbocycles. The van der Waals surface area contributed by atoms with Crippen LogP contribution in [0.4, 0.5) is 0 Å². The van der Waals surface area contributed by atoms with Crippen LogP contribution in [-0.2, 0) is 16.0 Å². The normalized spacial score (nSPS) is 31.5. The van der Waals surface area contributed by atoms with Crippen molar-refractivity contribution in [1.82, 2.24) is 5.32 Å². The highest BCUT2D eigenvalue weighted by atomic mass is 16.5. The van der Waals surface area contributed by atoms with Crippen molar-refractivity contribution in [1.29, 1.82) is 0 Å². The van der Waals surface area contributed by atoms with Crippen LogP contribution in [0.25, 0.3) is 0 Å². The molecule has 1 heterocycles. The topological polar surface area (TPSA) is 64.4 Å². The van der Waals surface area contributed by atoms with Crippen molar-refractivity contribution in [2.75, 3.05) is 6.61 Å². The van der Waals surface area contributed by atoms with Crippen LogP contribution in [0.5, 0.6) is 0 Å². The number of nitrogens with two attached hydrogens (primary N) is 1. The van der Waals surface area contributed by atoms with E-state index < -0.39 is 0 Å². The van der Waals surface area contributed by atoms with Crippen LogP contribution in [0, 0.1) is 12.8 Å². The van der Waals surface area contributed by atoms with E-state index in [2.05, 4.69) is 30.4 Å². The second kappa shape index (κ2) is 5.54. The zero-order valence-corrected chi connectivity index (χ0v) is 11.8. The maximum Gasteiger partial charge on any atom is 0.220 e. The van der Waals surface area contributed by atoms with Gasteiger partial charge in [0.05, 0.1) is 12.1 Å². The summed E-state index contributed by atoms with van der Waals surface area (Å²) in [4.78, 5) is 12.0. The van der Waals surface area contributed by atoms with Gasteiger partial charge in [-0.3, -0.25) is 4.79 Å². The highest BCUT2D eigenvalue weighted by molar-refractivity contribution is 5.77. The standard InChI is InChI=1S/C16H22N2O2/c1-10-3-2-4-11(9-10)5-6-13(19)18-15-14(17)12-7-8-20-16(12)15/h2-4,9,12,14-16H,5-8,17H2,1H3,(H,18,19). The maximum atomic E-state index is 12.0. The van der Waals surface area contributed by atoms with Gasteiger partial charge in [0, 0.05) is 25.0 Å². The molecule has 3 rings (SSSR count). The summed E-state index contributed by atoms with van der Waals surface area (Å²) in [5.41, 5.74) is 8.52. The van der Waals surface area contributed by atoms with Crippen LogP contribution in [0.15, 0.2) is 24.3 Å². The Morgan fingerprint density at radius 2 is 2.35 bits per heavy atom. The predicted molar refractivity (Wildman–Crippen MR) is 77.3 cm³/mol. The van der Waals surface area contributed by atoms with E-state index in [1.807, 2.05) is 6.07 Å². The van der Waals surface area contributed by atoms with Gasteiger partial charge in [-0.15, -0.1) is 0 Å². The first-order valence-electron chi connectivity index (χ1n) is 7.37. The number of amides is 1. The first-order chi connectivity index (χ1) is 9.65. The average molecular weight is 274 g/mol. The van der Waals surface area contributed by atoms with Crippen molar-refractivity contribution >= 4 is 5.91 Å². The molecule has 108 valence electrons. The Balaban J connectivity index is 1.48. The number of aryl methyl sites for hydroxylation is 2. The molecule has 4 unspecified atom stereocenters. The number of carbonyl (C=O) groups excluding carboxylic acids is 1. The summed E-state index contributed by atoms with van der Waals surface area (Å²) >= 11 is 0. The van der Waals surface area contributed by atoms with Gasteiger partial charge in [-0.05, 0) is 25.3 Å². The predicted octanol–water partition coefficient (Wildman–Crippen LogP) is 1.16. The first-order valence-corrected chi connectivity index (χ1v) is 7.37. The fourth-order valence-electron chi connectivity index (χ4n) is 3.31. The summed E-state index contributed by atoms with van der Waals surface area (Å²) in [6, 6.07) is 8.35. The smallest absolute Gasteiger partial charge is 0.220 e. The molecule has 0 bridgehead atoms. The maximum absolute atomic E-state index is 12.0. The third-order valence-corrected chi connectivity index (χ3v) is 4.50. The Morgan fingerprint density at radius 1 is 1.50 bits per heavy atom. The van der Waals surface area contributed by atoms with Gasteiger partial charge in [-0.1, -0.05) is 29.8 Å². The van der Waals surface area contributed by atoms with Gasteiger partial charge < -0.3 is 15.8 Å². The molecule has 20 heavy (non-hydrogen) atoms. The number of hydrogen-bond acceptors (Lipinski definition) is 3. The minimum atomic E-state index is 0.00695. The molecule has 1 aromatic rings. The number of benzene rings is 1. The highest BCUT2D eigenvalue weighted by Gasteiger charge is 2.52. The molecule has 2 aliphatic rings. The van der Waals surface area contributed by atoms with E-state index in [9.17, 15) is 4.79 Å². The second-order valence-electron chi connectivity index (χ2n) is 5.95. The summed E-state index contributed by atoms with van der Waals surface area (Å²) in [6.07, 6.45) is 2.45. The molecule has 4 atom stereocenters. The Kier molecular flexibility index (Phi) is 3.76. The van der Waals surface area contributed by atoms with Crippen LogP contribution < -0.4 is 11.1 Å². The monoisotopic (exact) mass is 274 g/mol. The lowest BCUT2D eigenvalue weighted by atomic mass is 9.72. The number of ether oxygens (including phenoxy) is 1.